The van der Waals surface area contributed by atoms with Crippen LogP contribution in [-0.4, -0.2) is 32.3 Å². The molecule has 1 aliphatic heterocycles. The molecule has 1 atom stereocenters. The first kappa shape index (κ1) is 16.5. The Hall–Kier alpha value is -2.38. The molecule has 1 aliphatic rings. The lowest BCUT2D eigenvalue weighted by Crippen LogP contribution is -2.47. The molecule has 126 valence electrons. The zero-order chi connectivity index (χ0) is 17.3. The molecule has 0 radical (unpaired) electrons. The van der Waals surface area contributed by atoms with Crippen LogP contribution in [0.15, 0.2) is 53.4 Å². The van der Waals surface area contributed by atoms with E-state index in [4.69, 9.17) is 4.74 Å². The summed E-state index contributed by atoms with van der Waals surface area (Å²) in [6, 6.07) is 11.5. The van der Waals surface area contributed by atoms with Crippen LogP contribution < -0.4 is 9.84 Å². The lowest BCUT2D eigenvalue weighted by molar-refractivity contribution is -0.311. The van der Waals surface area contributed by atoms with Crippen molar-refractivity contribution >= 4 is 16.0 Å². The number of benzene rings is 2. The summed E-state index contributed by atoms with van der Waals surface area (Å²) in [7, 11) is -2.48. The highest BCUT2D eigenvalue weighted by molar-refractivity contribution is 7.89. The van der Waals surface area contributed by atoms with E-state index in [1.54, 1.807) is 18.2 Å². The van der Waals surface area contributed by atoms with Crippen molar-refractivity contribution in [2.45, 2.75) is 17.4 Å². The Kier molecular flexibility index (Phi) is 4.29. The van der Waals surface area contributed by atoms with E-state index in [0.717, 1.165) is 9.87 Å². The molecule has 0 fully saturated rings. The minimum Gasteiger partial charge on any atom is -0.548 e. The first-order chi connectivity index (χ1) is 11.4. The molecule has 7 heteroatoms. The zero-order valence-electron chi connectivity index (χ0n) is 13.0. The van der Waals surface area contributed by atoms with Gasteiger partial charge in [-0.05, 0) is 41.8 Å². The monoisotopic (exact) mass is 346 g/mol. The lowest BCUT2D eigenvalue weighted by Gasteiger charge is -2.36. The van der Waals surface area contributed by atoms with Gasteiger partial charge in [0, 0.05) is 6.54 Å². The fourth-order valence-electron chi connectivity index (χ4n) is 2.93. The van der Waals surface area contributed by atoms with Gasteiger partial charge in [0.1, 0.15) is 5.75 Å². The van der Waals surface area contributed by atoms with Gasteiger partial charge >= 0.3 is 0 Å². The second-order valence-electron chi connectivity index (χ2n) is 5.46. The Morgan fingerprint density at radius 2 is 1.83 bits per heavy atom. The van der Waals surface area contributed by atoms with E-state index < -0.39 is 22.0 Å². The van der Waals surface area contributed by atoms with Crippen LogP contribution in [0.5, 0.6) is 5.75 Å². The van der Waals surface area contributed by atoms with E-state index in [0.29, 0.717) is 17.7 Å². The van der Waals surface area contributed by atoms with Crippen molar-refractivity contribution in [3.63, 3.8) is 0 Å². The Balaban J connectivity index is 2.05. The van der Waals surface area contributed by atoms with Gasteiger partial charge in [-0.25, -0.2) is 8.42 Å². The van der Waals surface area contributed by atoms with Crippen LogP contribution in [0.1, 0.15) is 17.2 Å². The van der Waals surface area contributed by atoms with E-state index in [1.165, 1.54) is 31.4 Å². The van der Waals surface area contributed by atoms with Gasteiger partial charge < -0.3 is 14.6 Å². The lowest BCUT2D eigenvalue weighted by atomic mass is 9.94. The number of carboxylic acid groups (broad SMARTS) is 1. The maximum Gasteiger partial charge on any atom is 0.243 e. The number of carboxylic acids is 1. The van der Waals surface area contributed by atoms with Crippen LogP contribution in [0.4, 0.5) is 0 Å². The second-order valence-corrected chi connectivity index (χ2v) is 7.35. The number of hydrogen-bond acceptors (Lipinski definition) is 5. The summed E-state index contributed by atoms with van der Waals surface area (Å²) in [5.74, 6) is -0.909. The molecule has 2 aromatic rings. The predicted molar refractivity (Wildman–Crippen MR) is 84.8 cm³/mol. The van der Waals surface area contributed by atoms with Crippen molar-refractivity contribution in [1.82, 2.24) is 4.31 Å². The summed E-state index contributed by atoms with van der Waals surface area (Å²) >= 11 is 0. The number of fused-ring (bicyclic) bond motifs is 1. The van der Waals surface area contributed by atoms with Gasteiger partial charge in [0.05, 0.1) is 24.0 Å². The summed E-state index contributed by atoms with van der Waals surface area (Å²) in [5.41, 5.74) is 1.29. The van der Waals surface area contributed by atoms with Gasteiger partial charge in [0.25, 0.3) is 0 Å². The molecule has 0 saturated carbocycles. The van der Waals surface area contributed by atoms with Gasteiger partial charge in [-0.2, -0.15) is 4.31 Å². The third kappa shape index (κ3) is 2.76. The molecule has 3 rings (SSSR count). The predicted octanol–water partition coefficient (Wildman–Crippen LogP) is 0.733. The first-order valence-electron chi connectivity index (χ1n) is 7.39. The van der Waals surface area contributed by atoms with Gasteiger partial charge in [-0.3, -0.25) is 0 Å². The normalized spacial score (nSPS) is 18.0. The van der Waals surface area contributed by atoms with Crippen molar-refractivity contribution in [3.8, 4) is 5.75 Å². The van der Waals surface area contributed by atoms with E-state index in [1.807, 2.05) is 6.07 Å². The number of carbonyl (C=O) groups is 1. The van der Waals surface area contributed by atoms with E-state index >= 15 is 0 Å². The minimum absolute atomic E-state index is 0.0222. The SMILES string of the molecule is COc1ccc(S(=O)(=O)N2CCc3ccccc3[C@H]2C(=O)[O-])cc1. The molecule has 0 unspecified atom stereocenters. The van der Waals surface area contributed by atoms with Gasteiger partial charge in [0.15, 0.2) is 0 Å². The largest absolute Gasteiger partial charge is 0.548 e. The Morgan fingerprint density at radius 1 is 1.17 bits per heavy atom. The summed E-state index contributed by atoms with van der Waals surface area (Å²) in [6.07, 6.45) is 0.454. The molecule has 0 N–H and O–H groups in total. The van der Waals surface area contributed by atoms with Crippen molar-refractivity contribution in [2.75, 3.05) is 13.7 Å². The smallest absolute Gasteiger partial charge is 0.243 e. The number of aliphatic carboxylic acids is 1. The number of ether oxygens (including phenoxy) is 1. The van der Waals surface area contributed by atoms with Gasteiger partial charge in [-0.1, -0.05) is 24.3 Å². The highest BCUT2D eigenvalue weighted by Crippen LogP contribution is 2.34. The Labute approximate surface area is 140 Å². The highest BCUT2D eigenvalue weighted by Gasteiger charge is 2.37. The van der Waals surface area contributed by atoms with Gasteiger partial charge in [0.2, 0.25) is 10.0 Å². The fourth-order valence-corrected chi connectivity index (χ4v) is 4.49. The molecule has 24 heavy (non-hydrogen) atoms. The van der Waals surface area contributed by atoms with E-state index in [2.05, 4.69) is 0 Å². The van der Waals surface area contributed by atoms with Crippen molar-refractivity contribution < 1.29 is 23.1 Å². The maximum absolute atomic E-state index is 12.9. The fraction of sp³-hybridized carbons (Fsp3) is 0.235. The van der Waals surface area contributed by atoms with Gasteiger partial charge in [-0.15, -0.1) is 0 Å². The molecule has 0 spiro atoms. The van der Waals surface area contributed by atoms with Crippen LogP contribution >= 0.6 is 0 Å². The third-order valence-electron chi connectivity index (χ3n) is 4.13. The number of hydrogen-bond donors (Lipinski definition) is 0. The Bertz CT molecular complexity index is 861. The molecule has 2 aromatic carbocycles. The number of carbonyl (C=O) groups excluding carboxylic acids is 1. The Morgan fingerprint density at radius 3 is 2.46 bits per heavy atom. The molecule has 0 amide bonds. The molecular formula is C17H16NO5S-. The van der Waals surface area contributed by atoms with Crippen LogP contribution in [0, 0.1) is 0 Å². The molecule has 1 heterocycles. The van der Waals surface area contributed by atoms with E-state index in [9.17, 15) is 18.3 Å². The van der Waals surface area contributed by atoms with Crippen molar-refractivity contribution in [1.29, 1.82) is 0 Å². The second kappa shape index (κ2) is 6.26. The molecule has 6 nitrogen and oxygen atoms in total. The van der Waals surface area contributed by atoms with Crippen LogP contribution in [0.3, 0.4) is 0 Å². The molecule has 0 aromatic heterocycles. The maximum atomic E-state index is 12.9. The molecule has 0 saturated heterocycles. The summed E-state index contributed by atoms with van der Waals surface area (Å²) in [6.45, 7) is 0.0873. The van der Waals surface area contributed by atoms with E-state index in [-0.39, 0.29) is 11.4 Å². The number of rotatable bonds is 4. The van der Waals surface area contributed by atoms with Crippen LogP contribution in [-0.2, 0) is 21.2 Å². The number of sulfonamides is 1. The molecule has 0 aliphatic carbocycles. The average Bonchev–Trinajstić information content (AvgIpc) is 2.60. The standard InChI is InChI=1S/C17H17NO5S/c1-23-13-6-8-14(9-7-13)24(21,22)18-11-10-12-4-2-3-5-15(12)16(18)17(19)20/h2-9,16H,10-11H2,1H3,(H,19,20)/p-1/t16-/m0/s1. The number of methoxy groups -OCH3 is 1. The number of nitrogens with zero attached hydrogens (tertiary/aromatic N) is 1. The topological polar surface area (TPSA) is 86.7 Å². The summed E-state index contributed by atoms with van der Waals surface area (Å²) < 4.78 is 31.8. The minimum atomic E-state index is -3.97. The quantitative estimate of drug-likeness (QED) is 0.815. The van der Waals surface area contributed by atoms with Crippen LogP contribution in [0.25, 0.3) is 0 Å². The first-order valence-corrected chi connectivity index (χ1v) is 8.83. The highest BCUT2D eigenvalue weighted by atomic mass is 32.2. The average molecular weight is 346 g/mol. The summed E-state index contributed by atoms with van der Waals surface area (Å²) in [4.78, 5) is 11.7. The van der Waals surface area contributed by atoms with Crippen molar-refractivity contribution in [2.24, 2.45) is 0 Å². The molecule has 0 bridgehead atoms. The molecular weight excluding hydrogens is 330 g/mol. The van der Waals surface area contributed by atoms with Crippen molar-refractivity contribution in [3.05, 3.63) is 59.7 Å². The summed E-state index contributed by atoms with van der Waals surface area (Å²) in [5, 5.41) is 11.7. The zero-order valence-corrected chi connectivity index (χ0v) is 13.8. The third-order valence-corrected chi connectivity index (χ3v) is 6.01. The van der Waals surface area contributed by atoms with Crippen LogP contribution in [0.2, 0.25) is 0 Å².